The Bertz CT molecular complexity index is 761. The SMILES string of the molecule is C=CCN(C(=O)C1N([C@@H](CO)[C@@H](C)CC)C(=O)[C@@H]2[C@H](C(=O)O)[C@@H]3CCC12S3)C(C)CCC. The second-order valence-electron chi connectivity index (χ2n) is 9.69. The number of amides is 2. The molecule has 0 saturated carbocycles. The highest BCUT2D eigenvalue weighted by atomic mass is 32.2. The molecule has 3 aliphatic heterocycles. The largest absolute Gasteiger partial charge is 0.481 e. The minimum atomic E-state index is -0.957. The molecule has 2 amide bonds. The summed E-state index contributed by atoms with van der Waals surface area (Å²) >= 11 is 1.54. The van der Waals surface area contributed by atoms with E-state index in [2.05, 4.69) is 13.5 Å². The Morgan fingerprint density at radius 3 is 2.59 bits per heavy atom. The van der Waals surface area contributed by atoms with E-state index in [0.717, 1.165) is 19.3 Å². The fourth-order valence-electron chi connectivity index (χ4n) is 6.18. The predicted molar refractivity (Wildman–Crippen MR) is 125 cm³/mol. The second-order valence-corrected chi connectivity index (χ2v) is 11.3. The summed E-state index contributed by atoms with van der Waals surface area (Å²) in [5.74, 6) is -2.88. The molecule has 2 bridgehead atoms. The summed E-state index contributed by atoms with van der Waals surface area (Å²) in [5, 5.41) is 20.1. The zero-order chi connectivity index (χ0) is 23.8. The number of hydrogen-bond acceptors (Lipinski definition) is 5. The molecular weight excluding hydrogens is 428 g/mol. The normalized spacial score (nSPS) is 33.7. The molecular formula is C24H38N2O5S. The summed E-state index contributed by atoms with van der Waals surface area (Å²) in [6.07, 6.45) is 5.55. The van der Waals surface area contributed by atoms with Crippen molar-refractivity contribution in [2.75, 3.05) is 13.2 Å². The lowest BCUT2D eigenvalue weighted by atomic mass is 9.71. The third kappa shape index (κ3) is 3.77. The van der Waals surface area contributed by atoms with Crippen LogP contribution in [-0.4, -0.2) is 79.1 Å². The van der Waals surface area contributed by atoms with Crippen molar-refractivity contribution < 1.29 is 24.6 Å². The van der Waals surface area contributed by atoms with Crippen LogP contribution in [0.2, 0.25) is 0 Å². The van der Waals surface area contributed by atoms with Gasteiger partial charge in [-0.15, -0.1) is 18.3 Å². The first-order valence-corrected chi connectivity index (χ1v) is 12.8. The number of likely N-dealkylation sites (tertiary alicyclic amines) is 1. The van der Waals surface area contributed by atoms with Gasteiger partial charge in [0.1, 0.15) is 6.04 Å². The quantitative estimate of drug-likeness (QED) is 0.455. The number of nitrogens with zero attached hydrogens (tertiary/aromatic N) is 2. The van der Waals surface area contributed by atoms with Crippen molar-refractivity contribution in [1.82, 2.24) is 9.80 Å². The minimum Gasteiger partial charge on any atom is -0.481 e. The molecule has 0 aromatic carbocycles. The maximum atomic E-state index is 14.2. The lowest BCUT2D eigenvalue weighted by Crippen LogP contribution is -2.59. The molecule has 1 spiro atoms. The Morgan fingerprint density at radius 2 is 2.06 bits per heavy atom. The van der Waals surface area contributed by atoms with Gasteiger partial charge < -0.3 is 20.0 Å². The van der Waals surface area contributed by atoms with Crippen LogP contribution in [0.3, 0.4) is 0 Å². The molecule has 0 aromatic heterocycles. The van der Waals surface area contributed by atoms with Gasteiger partial charge in [-0.1, -0.05) is 39.7 Å². The maximum absolute atomic E-state index is 14.2. The van der Waals surface area contributed by atoms with Gasteiger partial charge in [-0.25, -0.2) is 0 Å². The molecule has 3 rings (SSSR count). The number of carbonyl (C=O) groups is 3. The zero-order valence-corrected chi connectivity index (χ0v) is 20.5. The molecule has 2 N–H and O–H groups in total. The molecule has 7 nitrogen and oxygen atoms in total. The van der Waals surface area contributed by atoms with Crippen LogP contribution < -0.4 is 0 Å². The van der Waals surface area contributed by atoms with E-state index in [-0.39, 0.29) is 35.6 Å². The van der Waals surface area contributed by atoms with Gasteiger partial charge in [0.15, 0.2) is 0 Å². The summed E-state index contributed by atoms with van der Waals surface area (Å²) < 4.78 is -0.742. The maximum Gasteiger partial charge on any atom is 0.308 e. The second kappa shape index (κ2) is 9.75. The molecule has 3 saturated heterocycles. The number of aliphatic hydroxyl groups excluding tert-OH is 1. The zero-order valence-electron chi connectivity index (χ0n) is 19.7. The third-order valence-corrected chi connectivity index (χ3v) is 9.90. The van der Waals surface area contributed by atoms with Crippen LogP contribution in [0.4, 0.5) is 0 Å². The van der Waals surface area contributed by atoms with Gasteiger partial charge in [0, 0.05) is 17.8 Å². The fraction of sp³-hybridized carbons (Fsp3) is 0.792. The van der Waals surface area contributed by atoms with Crippen LogP contribution in [0.25, 0.3) is 0 Å². The smallest absolute Gasteiger partial charge is 0.308 e. The number of rotatable bonds is 11. The molecule has 0 radical (unpaired) electrons. The molecule has 180 valence electrons. The van der Waals surface area contributed by atoms with Crippen LogP contribution in [0.5, 0.6) is 0 Å². The van der Waals surface area contributed by atoms with Gasteiger partial charge in [-0.2, -0.15) is 0 Å². The van der Waals surface area contributed by atoms with Crippen LogP contribution >= 0.6 is 11.8 Å². The van der Waals surface area contributed by atoms with Crippen LogP contribution in [0.1, 0.15) is 59.8 Å². The Labute approximate surface area is 195 Å². The van der Waals surface area contributed by atoms with Gasteiger partial charge in [0.05, 0.1) is 29.2 Å². The molecule has 3 heterocycles. The van der Waals surface area contributed by atoms with E-state index >= 15 is 0 Å². The number of aliphatic carboxylic acids is 1. The average Bonchev–Trinajstić information content (AvgIpc) is 3.40. The van der Waals surface area contributed by atoms with Crippen molar-refractivity contribution in [2.45, 2.75) is 87.9 Å². The van der Waals surface area contributed by atoms with Gasteiger partial charge >= 0.3 is 5.97 Å². The molecule has 0 aliphatic carbocycles. The number of hydrogen-bond donors (Lipinski definition) is 2. The Balaban J connectivity index is 2.12. The van der Waals surface area contributed by atoms with Crippen molar-refractivity contribution >= 4 is 29.5 Å². The third-order valence-electron chi connectivity index (χ3n) is 7.95. The Kier molecular flexibility index (Phi) is 7.65. The number of aliphatic hydroxyl groups is 1. The highest BCUT2D eigenvalue weighted by Gasteiger charge is 2.74. The number of carbonyl (C=O) groups excluding carboxylic acids is 2. The van der Waals surface area contributed by atoms with E-state index in [4.69, 9.17) is 0 Å². The van der Waals surface area contributed by atoms with Crippen molar-refractivity contribution in [3.63, 3.8) is 0 Å². The van der Waals surface area contributed by atoms with Crippen LogP contribution in [-0.2, 0) is 14.4 Å². The monoisotopic (exact) mass is 466 g/mol. The first-order valence-electron chi connectivity index (χ1n) is 11.9. The number of fused-ring (bicyclic) bond motifs is 1. The van der Waals surface area contributed by atoms with Crippen LogP contribution in [0, 0.1) is 17.8 Å². The summed E-state index contributed by atoms with van der Waals surface area (Å²) in [5.41, 5.74) is 0. The number of carboxylic acid groups (broad SMARTS) is 1. The van der Waals surface area contributed by atoms with Gasteiger partial charge in [0.25, 0.3) is 0 Å². The highest BCUT2D eigenvalue weighted by Crippen LogP contribution is 2.67. The summed E-state index contributed by atoms with van der Waals surface area (Å²) in [6.45, 7) is 12.0. The van der Waals surface area contributed by atoms with Crippen molar-refractivity contribution in [3.8, 4) is 0 Å². The van der Waals surface area contributed by atoms with Gasteiger partial charge in [-0.3, -0.25) is 14.4 Å². The first kappa shape index (κ1) is 25.1. The lowest BCUT2D eigenvalue weighted by molar-refractivity contribution is -0.150. The van der Waals surface area contributed by atoms with Crippen molar-refractivity contribution in [3.05, 3.63) is 12.7 Å². The molecule has 3 fully saturated rings. The lowest BCUT2D eigenvalue weighted by Gasteiger charge is -2.42. The standard InChI is InChI=1S/C24H38N2O5S/c1-6-9-15(5)25(12-7-2)22(29)20-24-11-10-17(32-24)18(23(30)31)19(24)21(28)26(20)16(13-27)14(4)8-3/h7,14-20,27H,2,6,8-13H2,1,3-5H3,(H,30,31)/t14-,15?,16-,17-,18+,19-,20?,24?/m0/s1. The van der Waals surface area contributed by atoms with Crippen LogP contribution in [0.15, 0.2) is 12.7 Å². The Hall–Kier alpha value is -1.54. The van der Waals surface area contributed by atoms with E-state index in [9.17, 15) is 24.6 Å². The first-order chi connectivity index (χ1) is 15.2. The number of thioether (sulfide) groups is 1. The predicted octanol–water partition coefficient (Wildman–Crippen LogP) is 2.77. The molecule has 32 heavy (non-hydrogen) atoms. The summed E-state index contributed by atoms with van der Waals surface area (Å²) in [6, 6.07) is -1.29. The average molecular weight is 467 g/mol. The van der Waals surface area contributed by atoms with E-state index in [1.165, 1.54) is 11.8 Å². The van der Waals surface area contributed by atoms with E-state index < -0.39 is 34.6 Å². The molecule has 3 unspecified atom stereocenters. The molecule has 8 atom stereocenters. The summed E-state index contributed by atoms with van der Waals surface area (Å²) in [7, 11) is 0. The fourth-order valence-corrected chi connectivity index (χ4v) is 8.37. The van der Waals surface area contributed by atoms with Gasteiger partial charge in [0.2, 0.25) is 11.8 Å². The van der Waals surface area contributed by atoms with Gasteiger partial charge in [-0.05, 0) is 32.1 Å². The molecule has 3 aliphatic rings. The highest BCUT2D eigenvalue weighted by molar-refractivity contribution is 8.02. The Morgan fingerprint density at radius 1 is 1.38 bits per heavy atom. The van der Waals surface area contributed by atoms with E-state index in [0.29, 0.717) is 19.4 Å². The van der Waals surface area contributed by atoms with Crippen molar-refractivity contribution in [1.29, 1.82) is 0 Å². The topological polar surface area (TPSA) is 98.2 Å². The van der Waals surface area contributed by atoms with Crippen molar-refractivity contribution in [2.24, 2.45) is 17.8 Å². The van der Waals surface area contributed by atoms with E-state index in [1.807, 2.05) is 20.8 Å². The molecule has 0 aromatic rings. The molecule has 8 heteroatoms. The summed E-state index contributed by atoms with van der Waals surface area (Å²) in [4.78, 5) is 43.6. The number of carboxylic acids is 1. The minimum absolute atomic E-state index is 0.0131. The van der Waals surface area contributed by atoms with E-state index in [1.54, 1.807) is 15.9 Å².